The van der Waals surface area contributed by atoms with Crippen molar-refractivity contribution in [3.8, 4) is 0 Å². The summed E-state index contributed by atoms with van der Waals surface area (Å²) in [5.74, 6) is -2.64. The van der Waals surface area contributed by atoms with Crippen molar-refractivity contribution in [2.75, 3.05) is 19.8 Å². The van der Waals surface area contributed by atoms with Crippen molar-refractivity contribution >= 4 is 0 Å². The van der Waals surface area contributed by atoms with Gasteiger partial charge in [0, 0.05) is 26.1 Å². The first-order valence-electron chi connectivity index (χ1n) is 5.14. The Labute approximate surface area is 84.2 Å². The Morgan fingerprint density at radius 2 is 2.00 bits per heavy atom. The highest BCUT2D eigenvalue weighted by Crippen LogP contribution is 2.27. The Kier molecular flexibility index (Phi) is 3.84. The second-order valence-corrected chi connectivity index (χ2v) is 4.20. The summed E-state index contributed by atoms with van der Waals surface area (Å²) in [5, 5.41) is 0. The first-order valence-corrected chi connectivity index (χ1v) is 5.14. The highest BCUT2D eigenvalue weighted by Gasteiger charge is 2.39. The smallest absolute Gasteiger partial charge is 0.260 e. The molecule has 84 valence electrons. The summed E-state index contributed by atoms with van der Waals surface area (Å²) in [6.45, 7) is 6.50. The van der Waals surface area contributed by atoms with Crippen molar-refractivity contribution < 1.29 is 13.5 Å². The van der Waals surface area contributed by atoms with Gasteiger partial charge >= 0.3 is 0 Å². The number of nitrogens with zero attached hydrogens (tertiary/aromatic N) is 1. The van der Waals surface area contributed by atoms with Crippen molar-refractivity contribution in [1.29, 1.82) is 0 Å². The minimum atomic E-state index is -2.64. The van der Waals surface area contributed by atoms with Crippen LogP contribution in [0.4, 0.5) is 8.78 Å². The normalized spacial score (nSPS) is 26.6. The molecule has 1 unspecified atom stereocenters. The molecule has 0 bridgehead atoms. The Balaban J connectivity index is 2.74. The van der Waals surface area contributed by atoms with E-state index >= 15 is 0 Å². The second-order valence-electron chi connectivity index (χ2n) is 4.20. The number of rotatable bonds is 2. The standard InChI is InChI=1S/C10H19F2NO/c1-8(2)13-5-7-14-6-4-9(13)10(3,11)12/h8-9H,4-7H2,1-3H3. The number of alkyl halides is 2. The van der Waals surface area contributed by atoms with Crippen LogP contribution in [0.3, 0.4) is 0 Å². The molecule has 2 nitrogen and oxygen atoms in total. The van der Waals surface area contributed by atoms with Crippen molar-refractivity contribution in [3.05, 3.63) is 0 Å². The molecule has 0 aromatic rings. The van der Waals surface area contributed by atoms with Gasteiger partial charge in [-0.15, -0.1) is 0 Å². The van der Waals surface area contributed by atoms with Crippen LogP contribution in [0.15, 0.2) is 0 Å². The van der Waals surface area contributed by atoms with Crippen LogP contribution in [0.25, 0.3) is 0 Å². The average molecular weight is 207 g/mol. The van der Waals surface area contributed by atoms with Crippen LogP contribution in [-0.2, 0) is 4.74 Å². The van der Waals surface area contributed by atoms with Gasteiger partial charge in [0.1, 0.15) is 0 Å². The Morgan fingerprint density at radius 1 is 1.36 bits per heavy atom. The van der Waals surface area contributed by atoms with Crippen LogP contribution in [0.2, 0.25) is 0 Å². The van der Waals surface area contributed by atoms with Crippen LogP contribution in [-0.4, -0.2) is 42.7 Å². The van der Waals surface area contributed by atoms with Crippen molar-refractivity contribution in [2.24, 2.45) is 0 Å². The van der Waals surface area contributed by atoms with Gasteiger partial charge in [0.2, 0.25) is 0 Å². The topological polar surface area (TPSA) is 12.5 Å². The summed E-state index contributed by atoms with van der Waals surface area (Å²) < 4.78 is 31.8. The first kappa shape index (κ1) is 11.9. The lowest BCUT2D eigenvalue weighted by Crippen LogP contribution is -2.49. The number of hydrogen-bond acceptors (Lipinski definition) is 2. The summed E-state index contributed by atoms with van der Waals surface area (Å²) in [4.78, 5) is 1.84. The van der Waals surface area contributed by atoms with Crippen LogP contribution in [0, 0.1) is 0 Å². The Bertz CT molecular complexity index is 179. The Morgan fingerprint density at radius 3 is 2.50 bits per heavy atom. The monoisotopic (exact) mass is 207 g/mol. The molecule has 1 heterocycles. The molecule has 0 saturated carbocycles. The molecule has 0 aromatic heterocycles. The molecule has 14 heavy (non-hydrogen) atoms. The van der Waals surface area contributed by atoms with Gasteiger partial charge in [0.05, 0.1) is 12.6 Å². The predicted octanol–water partition coefficient (Wildman–Crippen LogP) is 2.14. The van der Waals surface area contributed by atoms with E-state index < -0.39 is 12.0 Å². The summed E-state index contributed by atoms with van der Waals surface area (Å²) in [6, 6.07) is -0.530. The van der Waals surface area contributed by atoms with Gasteiger partial charge in [-0.3, -0.25) is 4.90 Å². The van der Waals surface area contributed by atoms with E-state index in [-0.39, 0.29) is 6.04 Å². The lowest BCUT2D eigenvalue weighted by Gasteiger charge is -2.36. The molecule has 0 spiro atoms. The zero-order valence-electron chi connectivity index (χ0n) is 9.09. The zero-order valence-corrected chi connectivity index (χ0v) is 9.09. The fraction of sp³-hybridized carbons (Fsp3) is 1.00. The molecule has 1 aliphatic rings. The van der Waals surface area contributed by atoms with Gasteiger partial charge < -0.3 is 4.74 Å². The number of halogens is 2. The van der Waals surface area contributed by atoms with Gasteiger partial charge in [-0.1, -0.05) is 0 Å². The van der Waals surface area contributed by atoms with E-state index in [0.29, 0.717) is 26.2 Å². The highest BCUT2D eigenvalue weighted by molar-refractivity contribution is 4.85. The van der Waals surface area contributed by atoms with Gasteiger partial charge in [-0.25, -0.2) is 8.78 Å². The molecule has 1 aliphatic heterocycles. The maximum atomic E-state index is 13.3. The van der Waals surface area contributed by atoms with Crippen LogP contribution < -0.4 is 0 Å². The van der Waals surface area contributed by atoms with E-state index in [1.54, 1.807) is 0 Å². The maximum Gasteiger partial charge on any atom is 0.260 e. The van der Waals surface area contributed by atoms with Gasteiger partial charge in [0.15, 0.2) is 0 Å². The van der Waals surface area contributed by atoms with Crippen LogP contribution in [0.5, 0.6) is 0 Å². The van der Waals surface area contributed by atoms with Crippen LogP contribution in [0.1, 0.15) is 27.2 Å². The molecule has 0 amide bonds. The van der Waals surface area contributed by atoms with E-state index in [1.807, 2.05) is 18.7 Å². The molecule has 4 heteroatoms. The molecule has 1 fully saturated rings. The minimum Gasteiger partial charge on any atom is -0.380 e. The Hall–Kier alpha value is -0.220. The van der Waals surface area contributed by atoms with E-state index in [9.17, 15) is 8.78 Å². The maximum absolute atomic E-state index is 13.3. The summed E-state index contributed by atoms with van der Waals surface area (Å²) in [5.41, 5.74) is 0. The molecule has 0 radical (unpaired) electrons. The fourth-order valence-electron chi connectivity index (χ4n) is 1.95. The van der Waals surface area contributed by atoms with Gasteiger partial charge in [0.25, 0.3) is 5.92 Å². The molecular weight excluding hydrogens is 188 g/mol. The predicted molar refractivity (Wildman–Crippen MR) is 51.7 cm³/mol. The molecular formula is C10H19F2NO. The van der Waals surface area contributed by atoms with E-state index in [0.717, 1.165) is 6.92 Å². The average Bonchev–Trinajstić information content (AvgIpc) is 2.26. The van der Waals surface area contributed by atoms with Gasteiger partial charge in [-0.2, -0.15) is 0 Å². The SMILES string of the molecule is CC(C)N1CCOCCC1C(C)(F)F. The fourth-order valence-corrected chi connectivity index (χ4v) is 1.95. The summed E-state index contributed by atoms with van der Waals surface area (Å²) in [7, 11) is 0. The van der Waals surface area contributed by atoms with Crippen LogP contribution >= 0.6 is 0 Å². The van der Waals surface area contributed by atoms with Gasteiger partial charge in [-0.05, 0) is 20.3 Å². The first-order chi connectivity index (χ1) is 6.43. The summed E-state index contributed by atoms with van der Waals surface area (Å²) in [6.07, 6.45) is 0.418. The highest BCUT2D eigenvalue weighted by atomic mass is 19.3. The second kappa shape index (κ2) is 4.53. The van der Waals surface area contributed by atoms with E-state index in [2.05, 4.69) is 0 Å². The molecule has 1 saturated heterocycles. The largest absolute Gasteiger partial charge is 0.380 e. The molecule has 0 aromatic carbocycles. The van der Waals surface area contributed by atoms with Crippen molar-refractivity contribution in [2.45, 2.75) is 45.2 Å². The van der Waals surface area contributed by atoms with Crippen molar-refractivity contribution in [3.63, 3.8) is 0 Å². The number of hydrogen-bond donors (Lipinski definition) is 0. The lowest BCUT2D eigenvalue weighted by molar-refractivity contribution is -0.0739. The quantitative estimate of drug-likeness (QED) is 0.688. The van der Waals surface area contributed by atoms with Crippen molar-refractivity contribution in [1.82, 2.24) is 4.90 Å². The minimum absolute atomic E-state index is 0.146. The number of ether oxygens (including phenoxy) is 1. The summed E-state index contributed by atoms with van der Waals surface area (Å²) >= 11 is 0. The third-order valence-corrected chi connectivity index (χ3v) is 2.68. The van der Waals surface area contributed by atoms with E-state index in [1.165, 1.54) is 0 Å². The third-order valence-electron chi connectivity index (χ3n) is 2.68. The third kappa shape index (κ3) is 2.89. The zero-order chi connectivity index (χ0) is 10.8. The molecule has 1 atom stereocenters. The lowest BCUT2D eigenvalue weighted by atomic mass is 10.0. The van der Waals surface area contributed by atoms with E-state index in [4.69, 9.17) is 4.74 Å². The molecule has 0 N–H and O–H groups in total. The molecule has 1 rings (SSSR count). The molecule has 0 aliphatic carbocycles.